The number of rotatable bonds is 1. The van der Waals surface area contributed by atoms with Crippen LogP contribution in [0, 0.1) is 13.8 Å². The van der Waals surface area contributed by atoms with Crippen molar-refractivity contribution < 1.29 is 5.11 Å². The van der Waals surface area contributed by atoms with Crippen LogP contribution in [0.5, 0.6) is 0 Å². The molecule has 1 aromatic rings. The lowest BCUT2D eigenvalue weighted by Crippen LogP contribution is -2.20. The van der Waals surface area contributed by atoms with E-state index >= 15 is 0 Å². The zero-order valence-electron chi connectivity index (χ0n) is 7.92. The molecule has 1 heterocycles. The first-order valence-electron chi connectivity index (χ1n) is 3.94. The Bertz CT molecular complexity index is 289. The average molecular weight is 166 g/mol. The molecular weight excluding hydrogens is 152 g/mol. The summed E-state index contributed by atoms with van der Waals surface area (Å²) in [6.45, 7) is 7.28. The van der Waals surface area contributed by atoms with Gasteiger partial charge in [0.15, 0.2) is 0 Å². The van der Waals surface area contributed by atoms with E-state index in [0.29, 0.717) is 5.69 Å². The minimum absolute atomic E-state index is 0.704. The third kappa shape index (κ3) is 1.61. The standard InChI is InChI=1S/C9H14N2O/c1-6-7(2)10-5-11-8(6)9(3,4)12/h5,12H,1-4H3. The lowest BCUT2D eigenvalue weighted by Gasteiger charge is -2.19. The first-order valence-corrected chi connectivity index (χ1v) is 3.94. The Morgan fingerprint density at radius 3 is 2.25 bits per heavy atom. The fourth-order valence-electron chi connectivity index (χ4n) is 1.16. The second-order valence-corrected chi connectivity index (χ2v) is 3.49. The smallest absolute Gasteiger partial charge is 0.116 e. The van der Waals surface area contributed by atoms with Crippen molar-refractivity contribution in [2.24, 2.45) is 0 Å². The second kappa shape index (κ2) is 2.83. The van der Waals surface area contributed by atoms with E-state index in [2.05, 4.69) is 9.97 Å². The molecule has 0 aliphatic carbocycles. The summed E-state index contributed by atoms with van der Waals surface area (Å²) in [5.41, 5.74) is 1.71. The molecule has 0 bridgehead atoms. The minimum atomic E-state index is -0.877. The number of hydrogen-bond donors (Lipinski definition) is 1. The molecule has 0 unspecified atom stereocenters. The minimum Gasteiger partial charge on any atom is -0.384 e. The number of aryl methyl sites for hydroxylation is 1. The summed E-state index contributed by atoms with van der Waals surface area (Å²) in [4.78, 5) is 8.08. The lowest BCUT2D eigenvalue weighted by atomic mass is 10.00. The lowest BCUT2D eigenvalue weighted by molar-refractivity contribution is 0.0728. The van der Waals surface area contributed by atoms with Gasteiger partial charge in [-0.2, -0.15) is 0 Å². The summed E-state index contributed by atoms with van der Waals surface area (Å²) in [6.07, 6.45) is 1.48. The Morgan fingerprint density at radius 1 is 1.25 bits per heavy atom. The molecule has 1 aromatic heterocycles. The normalized spacial score (nSPS) is 11.8. The second-order valence-electron chi connectivity index (χ2n) is 3.49. The van der Waals surface area contributed by atoms with Crippen molar-refractivity contribution >= 4 is 0 Å². The highest BCUT2D eigenvalue weighted by atomic mass is 16.3. The molecule has 1 rings (SSSR count). The zero-order valence-corrected chi connectivity index (χ0v) is 7.92. The number of aromatic nitrogens is 2. The molecule has 3 heteroatoms. The predicted molar refractivity (Wildman–Crippen MR) is 46.8 cm³/mol. The average Bonchev–Trinajstić information content (AvgIpc) is 1.92. The van der Waals surface area contributed by atoms with Gasteiger partial charge in [0, 0.05) is 5.69 Å². The molecule has 0 aliphatic heterocycles. The molecule has 0 amide bonds. The Morgan fingerprint density at radius 2 is 1.83 bits per heavy atom. The third-order valence-electron chi connectivity index (χ3n) is 1.92. The van der Waals surface area contributed by atoms with E-state index in [-0.39, 0.29) is 0 Å². The molecule has 66 valence electrons. The van der Waals surface area contributed by atoms with Gasteiger partial charge in [0.2, 0.25) is 0 Å². The Hall–Kier alpha value is -0.960. The maximum absolute atomic E-state index is 9.70. The number of nitrogens with zero attached hydrogens (tertiary/aromatic N) is 2. The van der Waals surface area contributed by atoms with E-state index in [0.717, 1.165) is 11.3 Å². The van der Waals surface area contributed by atoms with Gasteiger partial charge in [-0.3, -0.25) is 0 Å². The van der Waals surface area contributed by atoms with Crippen LogP contribution in [0.2, 0.25) is 0 Å². The van der Waals surface area contributed by atoms with E-state index in [9.17, 15) is 5.11 Å². The van der Waals surface area contributed by atoms with Crippen LogP contribution < -0.4 is 0 Å². The van der Waals surface area contributed by atoms with Crippen molar-refractivity contribution in [2.75, 3.05) is 0 Å². The van der Waals surface area contributed by atoms with Gasteiger partial charge in [-0.25, -0.2) is 9.97 Å². The van der Waals surface area contributed by atoms with E-state index in [1.54, 1.807) is 13.8 Å². The van der Waals surface area contributed by atoms with Crippen molar-refractivity contribution in [1.29, 1.82) is 0 Å². The molecule has 0 spiro atoms. The molecule has 0 aromatic carbocycles. The van der Waals surface area contributed by atoms with Gasteiger partial charge < -0.3 is 5.11 Å². The van der Waals surface area contributed by atoms with Gasteiger partial charge in [0.25, 0.3) is 0 Å². The Kier molecular flexibility index (Phi) is 2.15. The maximum atomic E-state index is 9.70. The summed E-state index contributed by atoms with van der Waals surface area (Å²) in [7, 11) is 0. The fourth-order valence-corrected chi connectivity index (χ4v) is 1.16. The molecule has 0 saturated heterocycles. The molecule has 0 saturated carbocycles. The van der Waals surface area contributed by atoms with Crippen molar-refractivity contribution in [1.82, 2.24) is 9.97 Å². The topological polar surface area (TPSA) is 46.0 Å². The van der Waals surface area contributed by atoms with E-state index < -0.39 is 5.60 Å². The highest BCUT2D eigenvalue weighted by Gasteiger charge is 2.20. The van der Waals surface area contributed by atoms with E-state index in [1.165, 1.54) is 6.33 Å². The molecular formula is C9H14N2O. The summed E-state index contributed by atoms with van der Waals surface area (Å²) in [6, 6.07) is 0. The fraction of sp³-hybridized carbons (Fsp3) is 0.556. The maximum Gasteiger partial charge on any atom is 0.116 e. The van der Waals surface area contributed by atoms with Gasteiger partial charge in [-0.05, 0) is 33.3 Å². The van der Waals surface area contributed by atoms with Crippen molar-refractivity contribution in [2.45, 2.75) is 33.3 Å². The highest BCUT2D eigenvalue weighted by Crippen LogP contribution is 2.21. The first-order chi connectivity index (χ1) is 5.43. The molecule has 12 heavy (non-hydrogen) atoms. The van der Waals surface area contributed by atoms with E-state index in [4.69, 9.17) is 0 Å². The molecule has 3 nitrogen and oxygen atoms in total. The highest BCUT2D eigenvalue weighted by molar-refractivity contribution is 5.25. The summed E-state index contributed by atoms with van der Waals surface area (Å²) in [5.74, 6) is 0. The number of hydrogen-bond acceptors (Lipinski definition) is 3. The third-order valence-corrected chi connectivity index (χ3v) is 1.92. The summed E-state index contributed by atoms with van der Waals surface area (Å²) in [5, 5.41) is 9.70. The monoisotopic (exact) mass is 166 g/mol. The van der Waals surface area contributed by atoms with Crippen LogP contribution in [-0.4, -0.2) is 15.1 Å². The van der Waals surface area contributed by atoms with Gasteiger partial charge in [0.1, 0.15) is 11.9 Å². The van der Waals surface area contributed by atoms with Crippen LogP contribution in [0.1, 0.15) is 30.8 Å². The molecule has 0 atom stereocenters. The number of aliphatic hydroxyl groups is 1. The Balaban J connectivity index is 3.26. The quantitative estimate of drug-likeness (QED) is 0.684. The largest absolute Gasteiger partial charge is 0.384 e. The SMILES string of the molecule is Cc1ncnc(C(C)(C)O)c1C. The summed E-state index contributed by atoms with van der Waals surface area (Å²) < 4.78 is 0. The van der Waals surface area contributed by atoms with Crippen molar-refractivity contribution in [3.8, 4) is 0 Å². The van der Waals surface area contributed by atoms with Crippen LogP contribution in [-0.2, 0) is 5.60 Å². The summed E-state index contributed by atoms with van der Waals surface area (Å²) >= 11 is 0. The molecule has 0 fully saturated rings. The van der Waals surface area contributed by atoms with Gasteiger partial charge in [0.05, 0.1) is 5.69 Å². The van der Waals surface area contributed by atoms with Gasteiger partial charge >= 0.3 is 0 Å². The Labute approximate surface area is 72.5 Å². The van der Waals surface area contributed by atoms with Gasteiger partial charge in [-0.1, -0.05) is 0 Å². The van der Waals surface area contributed by atoms with Crippen LogP contribution in [0.25, 0.3) is 0 Å². The zero-order chi connectivity index (χ0) is 9.35. The van der Waals surface area contributed by atoms with Gasteiger partial charge in [-0.15, -0.1) is 0 Å². The molecule has 0 aliphatic rings. The van der Waals surface area contributed by atoms with Crippen molar-refractivity contribution in [3.05, 3.63) is 23.3 Å². The predicted octanol–water partition coefficient (Wildman–Crippen LogP) is 1.32. The van der Waals surface area contributed by atoms with Crippen LogP contribution >= 0.6 is 0 Å². The van der Waals surface area contributed by atoms with Crippen LogP contribution in [0.15, 0.2) is 6.33 Å². The van der Waals surface area contributed by atoms with Crippen LogP contribution in [0.3, 0.4) is 0 Å². The van der Waals surface area contributed by atoms with E-state index in [1.807, 2.05) is 13.8 Å². The van der Waals surface area contributed by atoms with Crippen LogP contribution in [0.4, 0.5) is 0 Å². The molecule has 0 radical (unpaired) electrons. The first kappa shape index (κ1) is 9.13. The van der Waals surface area contributed by atoms with Crippen molar-refractivity contribution in [3.63, 3.8) is 0 Å². The molecule has 1 N–H and O–H groups in total.